The molecule has 0 unspecified atom stereocenters. The van der Waals surface area contributed by atoms with Gasteiger partial charge in [-0.3, -0.25) is 0 Å². The van der Waals surface area contributed by atoms with Gasteiger partial charge in [0, 0.05) is 12.2 Å². The SMILES string of the molecule is CCCCOC(=O)/C=C/C(=O)Oc1ccccc1OC(C)C. The van der Waals surface area contributed by atoms with Gasteiger partial charge < -0.3 is 14.2 Å². The number of esters is 2. The minimum absolute atomic E-state index is 0.0380. The van der Waals surface area contributed by atoms with Gasteiger partial charge in [0.1, 0.15) is 0 Å². The second-order valence-corrected chi connectivity index (χ2v) is 4.89. The molecule has 0 amide bonds. The molecule has 0 spiro atoms. The predicted molar refractivity (Wildman–Crippen MR) is 82.8 cm³/mol. The Bertz CT molecular complexity index is 520. The molecule has 0 heterocycles. The highest BCUT2D eigenvalue weighted by Crippen LogP contribution is 2.27. The lowest BCUT2D eigenvalue weighted by Gasteiger charge is -2.13. The molecule has 0 N–H and O–H groups in total. The van der Waals surface area contributed by atoms with Crippen LogP contribution in [0.3, 0.4) is 0 Å². The van der Waals surface area contributed by atoms with Crippen molar-refractivity contribution < 1.29 is 23.8 Å². The average Bonchev–Trinajstić information content (AvgIpc) is 2.47. The van der Waals surface area contributed by atoms with Gasteiger partial charge in [-0.1, -0.05) is 25.5 Å². The van der Waals surface area contributed by atoms with Crippen LogP contribution in [0.1, 0.15) is 33.6 Å². The molecule has 0 fully saturated rings. The fourth-order valence-corrected chi connectivity index (χ4v) is 1.53. The van der Waals surface area contributed by atoms with Gasteiger partial charge in [-0.15, -0.1) is 0 Å². The fraction of sp³-hybridized carbons (Fsp3) is 0.412. The number of para-hydroxylation sites is 2. The van der Waals surface area contributed by atoms with E-state index >= 15 is 0 Å². The standard InChI is InChI=1S/C17H22O5/c1-4-5-12-20-16(18)10-11-17(19)22-15-9-7-6-8-14(15)21-13(2)3/h6-11,13H,4-5,12H2,1-3H3/b11-10+. The predicted octanol–water partition coefficient (Wildman–Crippen LogP) is 3.28. The summed E-state index contributed by atoms with van der Waals surface area (Å²) >= 11 is 0. The lowest BCUT2D eigenvalue weighted by atomic mass is 10.3. The average molecular weight is 306 g/mol. The molecule has 0 aliphatic carbocycles. The van der Waals surface area contributed by atoms with Gasteiger partial charge >= 0.3 is 11.9 Å². The Labute approximate surface area is 130 Å². The number of benzene rings is 1. The van der Waals surface area contributed by atoms with Crippen LogP contribution in [-0.4, -0.2) is 24.6 Å². The van der Waals surface area contributed by atoms with Crippen LogP contribution >= 0.6 is 0 Å². The molecule has 0 atom stereocenters. The van der Waals surface area contributed by atoms with Crippen LogP contribution in [0, 0.1) is 0 Å². The lowest BCUT2D eigenvalue weighted by molar-refractivity contribution is -0.138. The molecule has 5 nitrogen and oxygen atoms in total. The number of carbonyl (C=O) groups is 2. The van der Waals surface area contributed by atoms with Gasteiger partial charge in [0.25, 0.3) is 0 Å². The van der Waals surface area contributed by atoms with E-state index < -0.39 is 11.9 Å². The molecule has 22 heavy (non-hydrogen) atoms. The Kier molecular flexibility index (Phi) is 7.75. The number of unbranched alkanes of at least 4 members (excludes halogenated alkanes) is 1. The summed E-state index contributed by atoms with van der Waals surface area (Å²) in [7, 11) is 0. The summed E-state index contributed by atoms with van der Waals surface area (Å²) in [5.41, 5.74) is 0. The largest absolute Gasteiger partial charge is 0.487 e. The summed E-state index contributed by atoms with van der Waals surface area (Å²) in [4.78, 5) is 23.1. The van der Waals surface area contributed by atoms with Crippen LogP contribution in [0.15, 0.2) is 36.4 Å². The smallest absolute Gasteiger partial charge is 0.336 e. The van der Waals surface area contributed by atoms with Gasteiger partial charge in [0.2, 0.25) is 0 Å². The van der Waals surface area contributed by atoms with Crippen molar-refractivity contribution in [1.29, 1.82) is 0 Å². The molecule has 0 aliphatic rings. The molecule has 120 valence electrons. The minimum atomic E-state index is -0.660. The topological polar surface area (TPSA) is 61.8 Å². The zero-order valence-corrected chi connectivity index (χ0v) is 13.2. The number of hydrogen-bond acceptors (Lipinski definition) is 5. The van der Waals surface area contributed by atoms with Crippen LogP contribution in [0.5, 0.6) is 11.5 Å². The monoisotopic (exact) mass is 306 g/mol. The van der Waals surface area contributed by atoms with E-state index in [4.69, 9.17) is 14.2 Å². The number of carbonyl (C=O) groups excluding carboxylic acids is 2. The van der Waals surface area contributed by atoms with E-state index in [2.05, 4.69) is 0 Å². The van der Waals surface area contributed by atoms with E-state index in [9.17, 15) is 9.59 Å². The molecule has 0 saturated carbocycles. The van der Waals surface area contributed by atoms with Crippen molar-refractivity contribution in [3.63, 3.8) is 0 Å². The Balaban J connectivity index is 2.56. The molecule has 0 aromatic heterocycles. The second kappa shape index (κ2) is 9.60. The molecular weight excluding hydrogens is 284 g/mol. The molecule has 1 aromatic rings. The normalized spacial score (nSPS) is 10.7. The fourth-order valence-electron chi connectivity index (χ4n) is 1.53. The summed E-state index contributed by atoms with van der Waals surface area (Å²) in [5.74, 6) is -0.431. The summed E-state index contributed by atoms with van der Waals surface area (Å²) in [6.45, 7) is 6.10. The summed E-state index contributed by atoms with van der Waals surface area (Å²) in [5, 5.41) is 0. The van der Waals surface area contributed by atoms with Gasteiger partial charge in [0.05, 0.1) is 12.7 Å². The first kappa shape index (κ1) is 17.8. The molecule has 0 aliphatic heterocycles. The zero-order chi connectivity index (χ0) is 16.4. The number of rotatable bonds is 8. The van der Waals surface area contributed by atoms with E-state index in [1.54, 1.807) is 24.3 Å². The Morgan fingerprint density at radius 2 is 1.73 bits per heavy atom. The highest BCUT2D eigenvalue weighted by molar-refractivity contribution is 5.92. The van der Waals surface area contributed by atoms with Gasteiger partial charge in [0.15, 0.2) is 11.5 Å². The van der Waals surface area contributed by atoms with Crippen molar-refractivity contribution in [3.05, 3.63) is 36.4 Å². The maximum absolute atomic E-state index is 11.7. The van der Waals surface area contributed by atoms with Crippen LogP contribution in [0.2, 0.25) is 0 Å². The first-order valence-corrected chi connectivity index (χ1v) is 7.35. The van der Waals surface area contributed by atoms with E-state index in [0.717, 1.165) is 25.0 Å². The third kappa shape index (κ3) is 6.92. The van der Waals surface area contributed by atoms with Crippen molar-refractivity contribution in [2.45, 2.75) is 39.7 Å². The highest BCUT2D eigenvalue weighted by atomic mass is 16.6. The molecule has 1 aromatic carbocycles. The van der Waals surface area contributed by atoms with Crippen LogP contribution < -0.4 is 9.47 Å². The molecule has 1 rings (SSSR count). The molecular formula is C17H22O5. The first-order chi connectivity index (χ1) is 10.5. The van der Waals surface area contributed by atoms with Crippen molar-refractivity contribution in [1.82, 2.24) is 0 Å². The Hall–Kier alpha value is -2.30. The maximum atomic E-state index is 11.7. The Morgan fingerprint density at radius 3 is 2.36 bits per heavy atom. The van der Waals surface area contributed by atoms with E-state index in [0.29, 0.717) is 18.1 Å². The van der Waals surface area contributed by atoms with E-state index in [1.165, 1.54) is 0 Å². The summed E-state index contributed by atoms with van der Waals surface area (Å²) in [6.07, 6.45) is 3.80. The summed E-state index contributed by atoms with van der Waals surface area (Å²) in [6, 6.07) is 6.86. The number of ether oxygens (including phenoxy) is 3. The van der Waals surface area contributed by atoms with E-state index in [1.807, 2.05) is 20.8 Å². The van der Waals surface area contributed by atoms with Gasteiger partial charge in [-0.2, -0.15) is 0 Å². The van der Waals surface area contributed by atoms with Crippen molar-refractivity contribution in [3.8, 4) is 11.5 Å². The first-order valence-electron chi connectivity index (χ1n) is 7.35. The number of hydrogen-bond donors (Lipinski definition) is 0. The molecule has 0 bridgehead atoms. The van der Waals surface area contributed by atoms with Gasteiger partial charge in [-0.05, 0) is 32.4 Å². The minimum Gasteiger partial charge on any atom is -0.487 e. The maximum Gasteiger partial charge on any atom is 0.336 e. The van der Waals surface area contributed by atoms with Crippen LogP contribution in [-0.2, 0) is 14.3 Å². The van der Waals surface area contributed by atoms with Crippen molar-refractivity contribution in [2.75, 3.05) is 6.61 Å². The van der Waals surface area contributed by atoms with Crippen LogP contribution in [0.4, 0.5) is 0 Å². The highest BCUT2D eigenvalue weighted by Gasteiger charge is 2.09. The van der Waals surface area contributed by atoms with Crippen molar-refractivity contribution >= 4 is 11.9 Å². The Morgan fingerprint density at radius 1 is 1.09 bits per heavy atom. The van der Waals surface area contributed by atoms with Gasteiger partial charge in [-0.25, -0.2) is 9.59 Å². The lowest BCUT2D eigenvalue weighted by Crippen LogP contribution is -2.10. The zero-order valence-electron chi connectivity index (χ0n) is 13.2. The second-order valence-electron chi connectivity index (χ2n) is 4.89. The summed E-state index contributed by atoms with van der Waals surface area (Å²) < 4.78 is 15.6. The quantitative estimate of drug-likeness (QED) is 0.319. The van der Waals surface area contributed by atoms with Crippen LogP contribution in [0.25, 0.3) is 0 Å². The van der Waals surface area contributed by atoms with Crippen molar-refractivity contribution in [2.24, 2.45) is 0 Å². The molecule has 0 saturated heterocycles. The third-order valence-electron chi connectivity index (χ3n) is 2.52. The third-order valence-corrected chi connectivity index (χ3v) is 2.52. The molecule has 0 radical (unpaired) electrons. The van der Waals surface area contributed by atoms with E-state index in [-0.39, 0.29) is 6.10 Å². The molecule has 5 heteroatoms.